The molecule has 17 heavy (non-hydrogen) atoms. The summed E-state index contributed by atoms with van der Waals surface area (Å²) >= 11 is 0. The standard InChI is InChI=1S/C13H20N2O2/c1-10(2)5-7-15(3)9-11-4-6-14-12(8-11)13(16)17/h4,6,8,10H,5,7,9H2,1-3H3,(H,16,17). The van der Waals surface area contributed by atoms with Crippen LogP contribution >= 0.6 is 0 Å². The maximum absolute atomic E-state index is 10.8. The Labute approximate surface area is 102 Å². The van der Waals surface area contributed by atoms with Gasteiger partial charge in [0.05, 0.1) is 0 Å². The summed E-state index contributed by atoms with van der Waals surface area (Å²) in [5, 5.41) is 8.84. The molecule has 4 nitrogen and oxygen atoms in total. The second-order valence-electron chi connectivity index (χ2n) is 4.77. The minimum Gasteiger partial charge on any atom is -0.477 e. The molecule has 0 spiro atoms. The lowest BCUT2D eigenvalue weighted by molar-refractivity contribution is 0.0690. The molecule has 0 amide bonds. The van der Waals surface area contributed by atoms with Crippen molar-refractivity contribution < 1.29 is 9.90 Å². The van der Waals surface area contributed by atoms with Crippen molar-refractivity contribution in [2.45, 2.75) is 26.8 Å². The summed E-state index contributed by atoms with van der Waals surface area (Å²) in [5.74, 6) is -0.291. The number of carboxylic acids is 1. The first-order valence-electron chi connectivity index (χ1n) is 5.86. The van der Waals surface area contributed by atoms with Crippen LogP contribution in [0.1, 0.15) is 36.3 Å². The highest BCUT2D eigenvalue weighted by molar-refractivity contribution is 5.85. The van der Waals surface area contributed by atoms with Crippen molar-refractivity contribution in [3.05, 3.63) is 29.6 Å². The third-order valence-electron chi connectivity index (χ3n) is 2.58. The average Bonchev–Trinajstić information content (AvgIpc) is 2.26. The Bertz CT molecular complexity index is 377. The molecule has 0 unspecified atom stereocenters. The molecule has 1 heterocycles. The van der Waals surface area contributed by atoms with Gasteiger partial charge >= 0.3 is 5.97 Å². The van der Waals surface area contributed by atoms with E-state index in [1.807, 2.05) is 13.1 Å². The third-order valence-corrected chi connectivity index (χ3v) is 2.58. The molecule has 0 saturated carbocycles. The highest BCUT2D eigenvalue weighted by Crippen LogP contribution is 2.07. The molecule has 0 saturated heterocycles. The van der Waals surface area contributed by atoms with Crippen LogP contribution in [0.2, 0.25) is 0 Å². The summed E-state index contributed by atoms with van der Waals surface area (Å²) in [6.45, 7) is 6.17. The number of aromatic carboxylic acids is 1. The predicted octanol–water partition coefficient (Wildman–Crippen LogP) is 2.26. The minimum absolute atomic E-state index is 0.111. The molecule has 4 heteroatoms. The molecule has 0 aromatic carbocycles. The van der Waals surface area contributed by atoms with Gasteiger partial charge in [0.15, 0.2) is 0 Å². The Kier molecular flexibility index (Phi) is 5.10. The van der Waals surface area contributed by atoms with E-state index in [-0.39, 0.29) is 5.69 Å². The van der Waals surface area contributed by atoms with Crippen LogP contribution in [0.4, 0.5) is 0 Å². The Balaban J connectivity index is 2.56. The van der Waals surface area contributed by atoms with Crippen LogP contribution in [0.25, 0.3) is 0 Å². The molecule has 0 aliphatic carbocycles. The topological polar surface area (TPSA) is 53.4 Å². The van der Waals surface area contributed by atoms with Crippen LogP contribution in [0, 0.1) is 5.92 Å². The van der Waals surface area contributed by atoms with E-state index in [1.165, 1.54) is 0 Å². The van der Waals surface area contributed by atoms with Gasteiger partial charge in [-0.15, -0.1) is 0 Å². The summed E-state index contributed by atoms with van der Waals surface area (Å²) in [6.07, 6.45) is 2.70. The monoisotopic (exact) mass is 236 g/mol. The van der Waals surface area contributed by atoms with Crippen LogP contribution in [-0.4, -0.2) is 34.6 Å². The van der Waals surface area contributed by atoms with Crippen molar-refractivity contribution in [1.82, 2.24) is 9.88 Å². The van der Waals surface area contributed by atoms with Crippen LogP contribution < -0.4 is 0 Å². The number of nitrogens with zero attached hydrogens (tertiary/aromatic N) is 2. The zero-order chi connectivity index (χ0) is 12.8. The summed E-state index contributed by atoms with van der Waals surface area (Å²) in [7, 11) is 2.04. The Hall–Kier alpha value is -1.42. The number of pyridine rings is 1. The zero-order valence-electron chi connectivity index (χ0n) is 10.7. The first-order valence-corrected chi connectivity index (χ1v) is 5.86. The van der Waals surface area contributed by atoms with Crippen LogP contribution in [0.15, 0.2) is 18.3 Å². The van der Waals surface area contributed by atoms with E-state index in [1.54, 1.807) is 12.3 Å². The van der Waals surface area contributed by atoms with Gasteiger partial charge in [-0.05, 0) is 43.6 Å². The lowest BCUT2D eigenvalue weighted by atomic mass is 10.1. The van der Waals surface area contributed by atoms with Gasteiger partial charge in [0.1, 0.15) is 5.69 Å². The molecule has 0 aliphatic heterocycles. The highest BCUT2D eigenvalue weighted by Gasteiger charge is 2.07. The maximum Gasteiger partial charge on any atom is 0.354 e. The van der Waals surface area contributed by atoms with Gasteiger partial charge in [0.25, 0.3) is 0 Å². The van der Waals surface area contributed by atoms with Gasteiger partial charge in [0.2, 0.25) is 0 Å². The van der Waals surface area contributed by atoms with Gasteiger partial charge in [-0.1, -0.05) is 13.8 Å². The number of hydrogen-bond donors (Lipinski definition) is 1. The van der Waals surface area contributed by atoms with Crippen molar-refractivity contribution in [2.75, 3.05) is 13.6 Å². The highest BCUT2D eigenvalue weighted by atomic mass is 16.4. The van der Waals surface area contributed by atoms with Crippen LogP contribution in [-0.2, 0) is 6.54 Å². The smallest absolute Gasteiger partial charge is 0.354 e. The summed E-state index contributed by atoms with van der Waals surface area (Å²) in [6, 6.07) is 3.49. The quantitative estimate of drug-likeness (QED) is 0.823. The fraction of sp³-hybridized carbons (Fsp3) is 0.538. The fourth-order valence-electron chi connectivity index (χ4n) is 1.56. The Morgan fingerprint density at radius 3 is 2.82 bits per heavy atom. The number of hydrogen-bond acceptors (Lipinski definition) is 3. The zero-order valence-corrected chi connectivity index (χ0v) is 10.7. The lowest BCUT2D eigenvalue weighted by Crippen LogP contribution is -2.20. The molecular weight excluding hydrogens is 216 g/mol. The number of carboxylic acid groups (broad SMARTS) is 1. The predicted molar refractivity (Wildman–Crippen MR) is 67.0 cm³/mol. The van der Waals surface area contributed by atoms with Crippen molar-refractivity contribution in [1.29, 1.82) is 0 Å². The summed E-state index contributed by atoms with van der Waals surface area (Å²) in [5.41, 5.74) is 1.10. The van der Waals surface area contributed by atoms with E-state index in [4.69, 9.17) is 5.11 Å². The molecule has 1 aromatic rings. The second kappa shape index (κ2) is 6.35. The van der Waals surface area contributed by atoms with Gasteiger partial charge < -0.3 is 10.0 Å². The second-order valence-corrected chi connectivity index (χ2v) is 4.77. The molecule has 94 valence electrons. The average molecular weight is 236 g/mol. The third kappa shape index (κ3) is 4.95. The maximum atomic E-state index is 10.8. The molecule has 0 aliphatic rings. The largest absolute Gasteiger partial charge is 0.477 e. The SMILES string of the molecule is CC(C)CCN(C)Cc1ccnc(C(=O)O)c1. The molecule has 0 fully saturated rings. The minimum atomic E-state index is -0.975. The first-order chi connectivity index (χ1) is 7.99. The Morgan fingerprint density at radius 2 is 2.24 bits per heavy atom. The molecule has 0 radical (unpaired) electrons. The lowest BCUT2D eigenvalue weighted by Gasteiger charge is -2.17. The van der Waals surface area contributed by atoms with Gasteiger partial charge in [0, 0.05) is 12.7 Å². The number of carbonyl (C=O) groups is 1. The number of rotatable bonds is 6. The van der Waals surface area contributed by atoms with Crippen molar-refractivity contribution in [2.24, 2.45) is 5.92 Å². The van der Waals surface area contributed by atoms with E-state index in [0.29, 0.717) is 5.92 Å². The molecule has 1 N–H and O–H groups in total. The van der Waals surface area contributed by atoms with Crippen LogP contribution in [0.3, 0.4) is 0 Å². The van der Waals surface area contributed by atoms with E-state index in [9.17, 15) is 4.79 Å². The van der Waals surface area contributed by atoms with Crippen LogP contribution in [0.5, 0.6) is 0 Å². The fourth-order valence-corrected chi connectivity index (χ4v) is 1.56. The van der Waals surface area contributed by atoms with E-state index in [0.717, 1.165) is 25.1 Å². The summed E-state index contributed by atoms with van der Waals surface area (Å²) < 4.78 is 0. The van der Waals surface area contributed by atoms with E-state index >= 15 is 0 Å². The molecule has 1 rings (SSSR count). The van der Waals surface area contributed by atoms with Gasteiger partial charge in [-0.3, -0.25) is 0 Å². The van der Waals surface area contributed by atoms with Gasteiger partial charge in [-0.2, -0.15) is 0 Å². The molecule has 1 aromatic heterocycles. The normalized spacial score (nSPS) is 11.1. The molecular formula is C13H20N2O2. The van der Waals surface area contributed by atoms with Crippen molar-refractivity contribution in [3.8, 4) is 0 Å². The van der Waals surface area contributed by atoms with Crippen molar-refractivity contribution in [3.63, 3.8) is 0 Å². The number of aromatic nitrogens is 1. The van der Waals surface area contributed by atoms with Crippen molar-refractivity contribution >= 4 is 5.97 Å². The Morgan fingerprint density at radius 1 is 1.53 bits per heavy atom. The van der Waals surface area contributed by atoms with E-state index in [2.05, 4.69) is 23.7 Å². The van der Waals surface area contributed by atoms with E-state index < -0.39 is 5.97 Å². The first kappa shape index (κ1) is 13.6. The summed E-state index contributed by atoms with van der Waals surface area (Å²) in [4.78, 5) is 16.8. The molecule has 0 atom stereocenters. The van der Waals surface area contributed by atoms with Gasteiger partial charge in [-0.25, -0.2) is 9.78 Å². The molecule has 0 bridgehead atoms.